The van der Waals surface area contributed by atoms with Gasteiger partial charge in [0.05, 0.1) is 13.2 Å². The van der Waals surface area contributed by atoms with Gasteiger partial charge in [0.1, 0.15) is 0 Å². The molecule has 1 heterocycles. The lowest BCUT2D eigenvalue weighted by atomic mass is 10.0. The maximum Gasteiger partial charge on any atom is 0.162 e. The first-order valence-electron chi connectivity index (χ1n) is 9.44. The highest BCUT2D eigenvalue weighted by Crippen LogP contribution is 2.17. The average molecular weight is 335 g/mol. The van der Waals surface area contributed by atoms with Gasteiger partial charge >= 0.3 is 0 Å². The molecular formula is C20H34N2O2. The number of Topliss-reactive ketones (excluding diaryl/α,β-unsaturated/α-hetero) is 1. The summed E-state index contributed by atoms with van der Waals surface area (Å²) in [4.78, 5) is 14.6. The van der Waals surface area contributed by atoms with Crippen molar-refractivity contribution < 1.29 is 9.53 Å². The Morgan fingerprint density at radius 3 is 2.54 bits per heavy atom. The zero-order valence-corrected chi connectivity index (χ0v) is 15.6. The fraction of sp³-hybridized carbons (Fsp3) is 0.650. The summed E-state index contributed by atoms with van der Waals surface area (Å²) in [6.45, 7) is 9.43. The van der Waals surface area contributed by atoms with Crippen LogP contribution in [-0.2, 0) is 9.53 Å². The van der Waals surface area contributed by atoms with E-state index in [9.17, 15) is 4.79 Å². The molecule has 0 aromatic rings. The van der Waals surface area contributed by atoms with Crippen LogP contribution in [0.15, 0.2) is 35.6 Å². The molecule has 1 aliphatic carbocycles. The Kier molecular flexibility index (Phi) is 10.4. The zero-order chi connectivity index (χ0) is 17.8. The standard InChI is InChI=1S/C18H28N2O2.C2H6/c1-2-3-4-5-6-18(21)15-7-8-17(14-16(19)13-15)20-9-11-22-12-10-20;1-2/h7-8,13-14,16H,2-6,9-12,19H2,1H3;1-2H3. The molecule has 0 radical (unpaired) electrons. The van der Waals surface area contributed by atoms with Gasteiger partial charge in [0.25, 0.3) is 0 Å². The smallest absolute Gasteiger partial charge is 0.162 e. The number of morpholine rings is 1. The summed E-state index contributed by atoms with van der Waals surface area (Å²) in [5.41, 5.74) is 7.98. The molecule has 2 N–H and O–H groups in total. The van der Waals surface area contributed by atoms with E-state index in [2.05, 4.69) is 11.8 Å². The average Bonchev–Trinajstić information content (AvgIpc) is 2.83. The number of allylic oxidation sites excluding steroid dienone is 3. The van der Waals surface area contributed by atoms with E-state index in [-0.39, 0.29) is 11.8 Å². The van der Waals surface area contributed by atoms with Crippen molar-refractivity contribution in [2.45, 2.75) is 58.9 Å². The summed E-state index contributed by atoms with van der Waals surface area (Å²) < 4.78 is 5.38. The molecule has 0 bridgehead atoms. The number of hydrogen-bond acceptors (Lipinski definition) is 4. The second kappa shape index (κ2) is 12.0. The van der Waals surface area contributed by atoms with Crippen molar-refractivity contribution in [3.8, 4) is 0 Å². The summed E-state index contributed by atoms with van der Waals surface area (Å²) in [6.07, 6.45) is 13.0. The second-order valence-electron chi connectivity index (χ2n) is 5.96. The molecule has 2 rings (SSSR count). The van der Waals surface area contributed by atoms with E-state index in [0.29, 0.717) is 6.42 Å². The van der Waals surface area contributed by atoms with Gasteiger partial charge in [0.15, 0.2) is 5.78 Å². The SMILES string of the molecule is CC.CCCCCCC(=O)C1=CC(N)C=C(N2CCOCC2)C=C1. The first-order valence-corrected chi connectivity index (χ1v) is 9.44. The Balaban J connectivity index is 0.00000139. The number of carbonyl (C=O) groups excluding carboxylic acids is 1. The van der Waals surface area contributed by atoms with Crippen LogP contribution in [0.2, 0.25) is 0 Å². The van der Waals surface area contributed by atoms with Gasteiger partial charge in [-0.15, -0.1) is 0 Å². The van der Waals surface area contributed by atoms with E-state index in [4.69, 9.17) is 10.5 Å². The number of ether oxygens (including phenoxy) is 1. The minimum Gasteiger partial charge on any atom is -0.378 e. The predicted octanol–water partition coefficient (Wildman–Crippen LogP) is 3.59. The van der Waals surface area contributed by atoms with E-state index in [1.807, 2.05) is 38.2 Å². The second-order valence-corrected chi connectivity index (χ2v) is 5.96. The van der Waals surface area contributed by atoms with Crippen molar-refractivity contribution in [1.82, 2.24) is 4.90 Å². The maximum absolute atomic E-state index is 12.3. The number of carbonyl (C=O) groups is 1. The van der Waals surface area contributed by atoms with Crippen molar-refractivity contribution in [3.63, 3.8) is 0 Å². The summed E-state index contributed by atoms with van der Waals surface area (Å²) in [5.74, 6) is 0.208. The molecule has 1 aliphatic heterocycles. The van der Waals surface area contributed by atoms with Crippen LogP contribution in [0.1, 0.15) is 52.9 Å². The van der Waals surface area contributed by atoms with Crippen LogP contribution in [0.3, 0.4) is 0 Å². The van der Waals surface area contributed by atoms with Crippen LogP contribution < -0.4 is 5.73 Å². The molecule has 4 nitrogen and oxygen atoms in total. The largest absolute Gasteiger partial charge is 0.378 e. The van der Waals surface area contributed by atoms with Gasteiger partial charge in [-0.2, -0.15) is 0 Å². The van der Waals surface area contributed by atoms with Gasteiger partial charge < -0.3 is 15.4 Å². The number of nitrogens with two attached hydrogens (primary N) is 1. The fourth-order valence-electron chi connectivity index (χ4n) is 2.81. The Morgan fingerprint density at radius 2 is 1.88 bits per heavy atom. The van der Waals surface area contributed by atoms with E-state index >= 15 is 0 Å². The lowest BCUT2D eigenvalue weighted by Crippen LogP contribution is -2.35. The van der Waals surface area contributed by atoms with Crippen molar-refractivity contribution in [2.24, 2.45) is 5.73 Å². The van der Waals surface area contributed by atoms with Crippen LogP contribution in [0.5, 0.6) is 0 Å². The summed E-state index contributed by atoms with van der Waals surface area (Å²) in [5, 5.41) is 0. The molecule has 2 aliphatic rings. The Hall–Kier alpha value is -1.39. The van der Waals surface area contributed by atoms with Crippen molar-refractivity contribution in [3.05, 3.63) is 35.6 Å². The monoisotopic (exact) mass is 334 g/mol. The highest BCUT2D eigenvalue weighted by molar-refractivity contribution is 5.98. The van der Waals surface area contributed by atoms with Gasteiger partial charge in [0, 0.05) is 36.8 Å². The molecule has 1 atom stereocenters. The number of rotatable bonds is 7. The topological polar surface area (TPSA) is 55.6 Å². The van der Waals surface area contributed by atoms with Gasteiger partial charge in [-0.3, -0.25) is 4.79 Å². The van der Waals surface area contributed by atoms with Crippen molar-refractivity contribution in [2.75, 3.05) is 26.3 Å². The highest BCUT2D eigenvalue weighted by Gasteiger charge is 2.16. The highest BCUT2D eigenvalue weighted by atomic mass is 16.5. The molecule has 1 saturated heterocycles. The molecule has 0 spiro atoms. The number of nitrogens with zero attached hydrogens (tertiary/aromatic N) is 1. The molecule has 4 heteroatoms. The molecule has 1 unspecified atom stereocenters. The first-order chi connectivity index (χ1) is 11.7. The normalized spacial score (nSPS) is 20.5. The van der Waals surface area contributed by atoms with E-state index in [1.54, 1.807) is 0 Å². The summed E-state index contributed by atoms with van der Waals surface area (Å²) in [7, 11) is 0. The minimum atomic E-state index is -0.206. The van der Waals surface area contributed by atoms with E-state index in [1.165, 1.54) is 12.8 Å². The molecule has 0 amide bonds. The number of ketones is 1. The Labute approximate surface area is 147 Å². The summed E-state index contributed by atoms with van der Waals surface area (Å²) >= 11 is 0. The van der Waals surface area contributed by atoms with Crippen LogP contribution in [0.25, 0.3) is 0 Å². The van der Waals surface area contributed by atoms with E-state index < -0.39 is 0 Å². The quantitative estimate of drug-likeness (QED) is 0.723. The third-order valence-electron chi connectivity index (χ3n) is 4.12. The Morgan fingerprint density at radius 1 is 1.17 bits per heavy atom. The molecule has 136 valence electrons. The third-order valence-corrected chi connectivity index (χ3v) is 4.12. The molecule has 24 heavy (non-hydrogen) atoms. The predicted molar refractivity (Wildman–Crippen MR) is 101 cm³/mol. The van der Waals surface area contributed by atoms with Crippen LogP contribution >= 0.6 is 0 Å². The number of hydrogen-bond donors (Lipinski definition) is 1. The molecule has 0 aromatic carbocycles. The van der Waals surface area contributed by atoms with Gasteiger partial charge in [-0.1, -0.05) is 46.1 Å². The minimum absolute atomic E-state index is 0.206. The summed E-state index contributed by atoms with van der Waals surface area (Å²) in [6, 6.07) is -0.206. The Bertz CT molecular complexity index is 460. The fourth-order valence-corrected chi connectivity index (χ4v) is 2.81. The van der Waals surface area contributed by atoms with Crippen LogP contribution in [0, 0.1) is 0 Å². The van der Waals surface area contributed by atoms with Gasteiger partial charge in [-0.25, -0.2) is 0 Å². The number of unbranched alkanes of at least 4 members (excludes halogenated alkanes) is 3. The van der Waals surface area contributed by atoms with Crippen LogP contribution in [-0.4, -0.2) is 43.0 Å². The molecule has 1 fully saturated rings. The van der Waals surface area contributed by atoms with Gasteiger partial charge in [0.2, 0.25) is 0 Å². The molecule has 0 saturated carbocycles. The van der Waals surface area contributed by atoms with Gasteiger partial charge in [-0.05, 0) is 24.6 Å². The first kappa shape index (κ1) is 20.7. The molecular weight excluding hydrogens is 300 g/mol. The lowest BCUT2D eigenvalue weighted by Gasteiger charge is -2.29. The van der Waals surface area contributed by atoms with Crippen molar-refractivity contribution >= 4 is 5.78 Å². The molecule has 0 aromatic heterocycles. The third kappa shape index (κ3) is 7.02. The van der Waals surface area contributed by atoms with Crippen LogP contribution in [0.4, 0.5) is 0 Å². The van der Waals surface area contributed by atoms with Crippen molar-refractivity contribution in [1.29, 1.82) is 0 Å². The van der Waals surface area contributed by atoms with E-state index in [0.717, 1.165) is 50.4 Å². The lowest BCUT2D eigenvalue weighted by molar-refractivity contribution is -0.115. The zero-order valence-electron chi connectivity index (χ0n) is 15.6. The maximum atomic E-state index is 12.3.